The zero-order valence-electron chi connectivity index (χ0n) is 13.9. The van der Waals surface area contributed by atoms with E-state index in [1.165, 1.54) is 12.2 Å². The largest absolute Gasteiger partial charge is 0.340 e. The maximum absolute atomic E-state index is 12.9. The Hall–Kier alpha value is -0.710. The second-order valence-corrected chi connectivity index (χ2v) is 6.74. The molecule has 21 heavy (non-hydrogen) atoms. The predicted octanol–water partition coefficient (Wildman–Crippen LogP) is 2.82. The van der Waals surface area contributed by atoms with E-state index in [2.05, 4.69) is 11.6 Å². The summed E-state index contributed by atoms with van der Waals surface area (Å²) in [6.07, 6.45) is 7.40. The van der Waals surface area contributed by atoms with Crippen LogP contribution >= 0.6 is 11.8 Å². The van der Waals surface area contributed by atoms with E-state index in [1.54, 1.807) is 0 Å². The Kier molecular flexibility index (Phi) is 7.57. The molecule has 5 heteroatoms. The van der Waals surface area contributed by atoms with Crippen molar-refractivity contribution in [2.24, 2.45) is 0 Å². The van der Waals surface area contributed by atoms with E-state index in [1.807, 2.05) is 37.4 Å². The van der Waals surface area contributed by atoms with Gasteiger partial charge in [0.05, 0.1) is 0 Å². The van der Waals surface area contributed by atoms with E-state index in [9.17, 15) is 9.59 Å². The molecule has 1 heterocycles. The lowest BCUT2D eigenvalue weighted by atomic mass is 9.86. The van der Waals surface area contributed by atoms with Gasteiger partial charge in [0.1, 0.15) is 11.6 Å². The van der Waals surface area contributed by atoms with E-state index in [0.717, 1.165) is 12.8 Å². The molecule has 1 fully saturated rings. The zero-order chi connectivity index (χ0) is 15.9. The molecular formula is C16H30N2O2S. The van der Waals surface area contributed by atoms with Gasteiger partial charge in [0, 0.05) is 6.54 Å². The molecule has 0 saturated carbocycles. The highest BCUT2D eigenvalue weighted by Gasteiger charge is 2.47. The topological polar surface area (TPSA) is 49.4 Å². The van der Waals surface area contributed by atoms with Gasteiger partial charge < -0.3 is 10.2 Å². The van der Waals surface area contributed by atoms with Crippen molar-refractivity contribution in [3.8, 4) is 0 Å². The van der Waals surface area contributed by atoms with Gasteiger partial charge in [-0.1, -0.05) is 27.2 Å². The summed E-state index contributed by atoms with van der Waals surface area (Å²) in [4.78, 5) is 27.0. The maximum Gasteiger partial charge on any atom is 0.248 e. The van der Waals surface area contributed by atoms with Crippen LogP contribution in [0.1, 0.15) is 59.3 Å². The lowest BCUT2D eigenvalue weighted by Crippen LogP contribution is -2.69. The van der Waals surface area contributed by atoms with E-state index < -0.39 is 5.54 Å². The SMILES string of the molecule is CCC1C(=O)NC(CC)(CC)C(=O)N1CCCCCSC. The van der Waals surface area contributed by atoms with Crippen LogP contribution in [0, 0.1) is 0 Å². The van der Waals surface area contributed by atoms with Gasteiger partial charge in [0.2, 0.25) is 11.8 Å². The molecule has 0 aromatic carbocycles. The molecule has 1 aliphatic heterocycles. The maximum atomic E-state index is 12.9. The number of piperazine rings is 1. The van der Waals surface area contributed by atoms with Crippen LogP contribution < -0.4 is 5.32 Å². The number of nitrogens with one attached hydrogen (secondary N) is 1. The Morgan fingerprint density at radius 3 is 2.33 bits per heavy atom. The van der Waals surface area contributed by atoms with Gasteiger partial charge in [-0.25, -0.2) is 0 Å². The zero-order valence-corrected chi connectivity index (χ0v) is 14.7. The molecule has 1 atom stereocenters. The van der Waals surface area contributed by atoms with Crippen molar-refractivity contribution in [3.05, 3.63) is 0 Å². The van der Waals surface area contributed by atoms with Crippen LogP contribution in [-0.4, -0.2) is 46.8 Å². The number of amides is 2. The molecule has 1 N–H and O–H groups in total. The number of thioether (sulfide) groups is 1. The van der Waals surface area contributed by atoms with Crippen molar-refractivity contribution in [1.29, 1.82) is 0 Å². The Balaban J connectivity index is 2.74. The summed E-state index contributed by atoms with van der Waals surface area (Å²) < 4.78 is 0. The first-order valence-electron chi connectivity index (χ1n) is 8.18. The average Bonchev–Trinajstić information content (AvgIpc) is 2.50. The summed E-state index contributed by atoms with van der Waals surface area (Å²) in [5, 5.41) is 2.99. The Labute approximate surface area is 133 Å². The first kappa shape index (κ1) is 18.3. The van der Waals surface area contributed by atoms with Gasteiger partial charge in [-0.2, -0.15) is 11.8 Å². The second kappa shape index (κ2) is 8.66. The molecule has 0 aliphatic carbocycles. The van der Waals surface area contributed by atoms with Gasteiger partial charge in [-0.05, 0) is 44.1 Å². The van der Waals surface area contributed by atoms with E-state index in [0.29, 0.717) is 25.8 Å². The fraction of sp³-hybridized carbons (Fsp3) is 0.875. The van der Waals surface area contributed by atoms with Crippen LogP contribution in [-0.2, 0) is 9.59 Å². The highest BCUT2D eigenvalue weighted by atomic mass is 32.2. The third kappa shape index (κ3) is 4.15. The minimum absolute atomic E-state index is 0.0184. The molecule has 0 spiro atoms. The third-order valence-electron chi connectivity index (χ3n) is 4.55. The van der Waals surface area contributed by atoms with Crippen molar-refractivity contribution in [3.63, 3.8) is 0 Å². The molecule has 1 aliphatic rings. The number of rotatable bonds is 9. The number of hydrogen-bond donors (Lipinski definition) is 1. The van der Waals surface area contributed by atoms with Crippen molar-refractivity contribution in [2.75, 3.05) is 18.6 Å². The van der Waals surface area contributed by atoms with Crippen LogP contribution in [0.25, 0.3) is 0 Å². The summed E-state index contributed by atoms with van der Waals surface area (Å²) in [6.45, 7) is 6.64. The van der Waals surface area contributed by atoms with Crippen molar-refractivity contribution >= 4 is 23.6 Å². The molecule has 0 aromatic rings. The quantitative estimate of drug-likeness (QED) is 0.666. The molecular weight excluding hydrogens is 284 g/mol. The summed E-state index contributed by atoms with van der Waals surface area (Å²) in [7, 11) is 0. The van der Waals surface area contributed by atoms with Crippen LogP contribution in [0.15, 0.2) is 0 Å². The second-order valence-electron chi connectivity index (χ2n) is 5.75. The standard InChI is InChI=1S/C16H30N2O2S/c1-5-13-14(19)17-16(6-2,7-3)15(20)18(13)11-9-8-10-12-21-4/h13H,5-12H2,1-4H3,(H,17,19). The molecule has 0 aromatic heterocycles. The molecule has 0 radical (unpaired) electrons. The molecule has 4 nitrogen and oxygen atoms in total. The summed E-state index contributed by atoms with van der Waals surface area (Å²) in [5.74, 6) is 1.30. The predicted molar refractivity (Wildman–Crippen MR) is 89.5 cm³/mol. The van der Waals surface area contributed by atoms with Crippen LogP contribution in [0.2, 0.25) is 0 Å². The highest BCUT2D eigenvalue weighted by Crippen LogP contribution is 2.26. The van der Waals surface area contributed by atoms with Crippen LogP contribution in [0.3, 0.4) is 0 Å². The minimum Gasteiger partial charge on any atom is -0.340 e. The van der Waals surface area contributed by atoms with Gasteiger partial charge in [0.25, 0.3) is 0 Å². The normalized spacial score (nSPS) is 21.5. The van der Waals surface area contributed by atoms with Gasteiger partial charge in [-0.15, -0.1) is 0 Å². The van der Waals surface area contributed by atoms with Crippen molar-refractivity contribution in [2.45, 2.75) is 70.9 Å². The van der Waals surface area contributed by atoms with Crippen LogP contribution in [0.5, 0.6) is 0 Å². The lowest BCUT2D eigenvalue weighted by Gasteiger charge is -2.45. The number of carbonyl (C=O) groups is 2. The summed E-state index contributed by atoms with van der Waals surface area (Å²) >= 11 is 1.86. The van der Waals surface area contributed by atoms with Crippen molar-refractivity contribution < 1.29 is 9.59 Å². The van der Waals surface area contributed by atoms with Gasteiger partial charge in [0.15, 0.2) is 0 Å². The molecule has 1 saturated heterocycles. The Morgan fingerprint density at radius 1 is 1.14 bits per heavy atom. The number of carbonyl (C=O) groups excluding carboxylic acids is 2. The molecule has 1 unspecified atom stereocenters. The minimum atomic E-state index is -0.679. The average molecular weight is 314 g/mol. The number of hydrogen-bond acceptors (Lipinski definition) is 3. The number of nitrogens with zero attached hydrogens (tertiary/aromatic N) is 1. The molecule has 122 valence electrons. The molecule has 0 bridgehead atoms. The van der Waals surface area contributed by atoms with Gasteiger partial charge >= 0.3 is 0 Å². The Bertz CT molecular complexity index is 356. The summed E-state index contributed by atoms with van der Waals surface area (Å²) in [5.41, 5.74) is -0.679. The molecule has 2 amide bonds. The van der Waals surface area contributed by atoms with Gasteiger partial charge in [-0.3, -0.25) is 9.59 Å². The fourth-order valence-corrected chi connectivity index (χ4v) is 3.52. The Morgan fingerprint density at radius 2 is 1.81 bits per heavy atom. The highest BCUT2D eigenvalue weighted by molar-refractivity contribution is 7.98. The van der Waals surface area contributed by atoms with Crippen LogP contribution in [0.4, 0.5) is 0 Å². The van der Waals surface area contributed by atoms with Crippen molar-refractivity contribution in [1.82, 2.24) is 10.2 Å². The van der Waals surface area contributed by atoms with E-state index >= 15 is 0 Å². The summed E-state index contributed by atoms with van der Waals surface area (Å²) in [6, 6.07) is -0.288. The monoisotopic (exact) mass is 314 g/mol. The smallest absolute Gasteiger partial charge is 0.248 e. The fourth-order valence-electron chi connectivity index (χ4n) is 3.03. The first-order valence-corrected chi connectivity index (χ1v) is 9.57. The van der Waals surface area contributed by atoms with E-state index in [4.69, 9.17) is 0 Å². The third-order valence-corrected chi connectivity index (χ3v) is 5.25. The lowest BCUT2D eigenvalue weighted by molar-refractivity contribution is -0.155. The number of unbranched alkanes of at least 4 members (excludes halogenated alkanes) is 2. The van der Waals surface area contributed by atoms with E-state index in [-0.39, 0.29) is 17.9 Å². The first-order chi connectivity index (χ1) is 10.1. The molecule has 1 rings (SSSR count).